The van der Waals surface area contributed by atoms with E-state index in [0.717, 1.165) is 9.87 Å². The van der Waals surface area contributed by atoms with Crippen molar-refractivity contribution in [1.29, 1.82) is 0 Å². The Hall–Kier alpha value is -1.89. The quantitative estimate of drug-likeness (QED) is 0.853. The summed E-state index contributed by atoms with van der Waals surface area (Å²) < 4.78 is 25.5. The highest BCUT2D eigenvalue weighted by molar-refractivity contribution is 7.89. The molecule has 2 aromatic rings. The first-order valence-corrected chi connectivity index (χ1v) is 9.18. The molecule has 0 aromatic heterocycles. The third-order valence-electron chi connectivity index (χ3n) is 3.46. The maximum atomic E-state index is 12.2. The van der Waals surface area contributed by atoms with Crippen LogP contribution in [-0.4, -0.2) is 32.7 Å². The lowest BCUT2D eigenvalue weighted by Gasteiger charge is -2.14. The molecule has 0 atom stereocenters. The summed E-state index contributed by atoms with van der Waals surface area (Å²) in [4.78, 5) is 12.0. The first-order chi connectivity index (χ1) is 11.3. The van der Waals surface area contributed by atoms with Gasteiger partial charge >= 0.3 is 0 Å². The summed E-state index contributed by atoms with van der Waals surface area (Å²) in [6.07, 6.45) is 0.922. The van der Waals surface area contributed by atoms with Gasteiger partial charge in [0.1, 0.15) is 4.90 Å². The summed E-state index contributed by atoms with van der Waals surface area (Å²) in [5.41, 5.74) is 1.47. The second-order valence-corrected chi connectivity index (χ2v) is 7.99. The summed E-state index contributed by atoms with van der Waals surface area (Å²) in [5, 5.41) is 2.83. The molecule has 128 valence electrons. The molecule has 5 nitrogen and oxygen atoms in total. The van der Waals surface area contributed by atoms with Crippen LogP contribution in [0.4, 0.5) is 5.69 Å². The monoisotopic (exact) mass is 366 g/mol. The summed E-state index contributed by atoms with van der Waals surface area (Å²) in [6.45, 7) is 0. The molecule has 0 aliphatic carbocycles. The van der Waals surface area contributed by atoms with Gasteiger partial charge in [-0.05, 0) is 30.2 Å². The van der Waals surface area contributed by atoms with Gasteiger partial charge in [0.15, 0.2) is 0 Å². The van der Waals surface area contributed by atoms with Crippen LogP contribution in [-0.2, 0) is 21.2 Å². The van der Waals surface area contributed by atoms with Crippen LogP contribution in [0.5, 0.6) is 0 Å². The van der Waals surface area contributed by atoms with E-state index < -0.39 is 10.0 Å². The zero-order chi connectivity index (χ0) is 17.7. The normalized spacial score (nSPS) is 11.5. The van der Waals surface area contributed by atoms with Crippen molar-refractivity contribution < 1.29 is 13.2 Å². The van der Waals surface area contributed by atoms with Crippen molar-refractivity contribution >= 4 is 33.2 Å². The van der Waals surface area contributed by atoms with E-state index in [1.807, 2.05) is 30.3 Å². The second-order valence-electron chi connectivity index (χ2n) is 5.47. The Kier molecular flexibility index (Phi) is 5.99. The zero-order valence-corrected chi connectivity index (χ0v) is 15.1. The van der Waals surface area contributed by atoms with E-state index in [-0.39, 0.29) is 15.8 Å². The number of benzene rings is 2. The van der Waals surface area contributed by atoms with Crippen molar-refractivity contribution in [2.45, 2.75) is 17.7 Å². The Morgan fingerprint density at radius 1 is 1.12 bits per heavy atom. The second kappa shape index (κ2) is 7.79. The van der Waals surface area contributed by atoms with Gasteiger partial charge in [-0.3, -0.25) is 4.79 Å². The fourth-order valence-electron chi connectivity index (χ4n) is 2.10. The van der Waals surface area contributed by atoms with E-state index in [1.54, 1.807) is 6.07 Å². The maximum Gasteiger partial charge on any atom is 0.244 e. The highest BCUT2D eigenvalue weighted by Gasteiger charge is 2.21. The summed E-state index contributed by atoms with van der Waals surface area (Å²) in [5.74, 6) is -0.186. The molecule has 7 heteroatoms. The fraction of sp³-hybridized carbons (Fsp3) is 0.235. The minimum absolute atomic E-state index is 0.0324. The van der Waals surface area contributed by atoms with Crippen LogP contribution in [0.3, 0.4) is 0 Å². The smallest absolute Gasteiger partial charge is 0.244 e. The van der Waals surface area contributed by atoms with Crippen molar-refractivity contribution in [3.8, 4) is 0 Å². The molecule has 24 heavy (non-hydrogen) atoms. The van der Waals surface area contributed by atoms with E-state index in [9.17, 15) is 13.2 Å². The van der Waals surface area contributed by atoms with Crippen molar-refractivity contribution in [1.82, 2.24) is 4.31 Å². The lowest BCUT2D eigenvalue weighted by molar-refractivity contribution is -0.116. The summed E-state index contributed by atoms with van der Waals surface area (Å²) in [6, 6.07) is 14.1. The van der Waals surface area contributed by atoms with Crippen LogP contribution in [0, 0.1) is 0 Å². The first-order valence-electron chi connectivity index (χ1n) is 7.36. The molecule has 2 rings (SSSR count). The van der Waals surface area contributed by atoms with E-state index in [0.29, 0.717) is 18.5 Å². The lowest BCUT2D eigenvalue weighted by atomic mass is 10.1. The number of anilines is 1. The van der Waals surface area contributed by atoms with E-state index in [2.05, 4.69) is 5.32 Å². The lowest BCUT2D eigenvalue weighted by Crippen LogP contribution is -2.23. The Bertz CT molecular complexity index is 821. The number of carbonyl (C=O) groups is 1. The van der Waals surface area contributed by atoms with Gasteiger partial charge in [-0.25, -0.2) is 12.7 Å². The highest BCUT2D eigenvalue weighted by atomic mass is 35.5. The van der Waals surface area contributed by atoms with Gasteiger partial charge in [0.05, 0.1) is 5.02 Å². The number of aryl methyl sites for hydroxylation is 1. The predicted molar refractivity (Wildman–Crippen MR) is 95.7 cm³/mol. The SMILES string of the molecule is CN(C)S(=O)(=O)c1cc(NC(=O)CCc2ccccc2)ccc1Cl. The average Bonchev–Trinajstić information content (AvgIpc) is 2.55. The topological polar surface area (TPSA) is 66.5 Å². The minimum atomic E-state index is -3.67. The molecular formula is C17H19ClN2O3S. The van der Waals surface area contributed by atoms with Crippen LogP contribution in [0.2, 0.25) is 5.02 Å². The molecule has 0 heterocycles. The number of halogens is 1. The molecule has 1 amide bonds. The molecule has 0 saturated heterocycles. The molecular weight excluding hydrogens is 348 g/mol. The molecule has 0 unspecified atom stereocenters. The van der Waals surface area contributed by atoms with Crippen LogP contribution < -0.4 is 5.32 Å². The van der Waals surface area contributed by atoms with Crippen molar-refractivity contribution in [2.24, 2.45) is 0 Å². The maximum absolute atomic E-state index is 12.2. The van der Waals surface area contributed by atoms with Crippen molar-refractivity contribution in [3.05, 3.63) is 59.1 Å². The molecule has 0 aliphatic heterocycles. The Morgan fingerprint density at radius 3 is 2.42 bits per heavy atom. The van der Waals surface area contributed by atoms with Crippen molar-refractivity contribution in [2.75, 3.05) is 19.4 Å². The third kappa shape index (κ3) is 4.56. The van der Waals surface area contributed by atoms with Crippen LogP contribution in [0.1, 0.15) is 12.0 Å². The zero-order valence-electron chi connectivity index (χ0n) is 13.5. The molecule has 0 fully saturated rings. The molecule has 0 saturated carbocycles. The highest BCUT2D eigenvalue weighted by Crippen LogP contribution is 2.26. The Balaban J connectivity index is 2.09. The average molecular weight is 367 g/mol. The van der Waals surface area contributed by atoms with Crippen LogP contribution in [0.15, 0.2) is 53.4 Å². The van der Waals surface area contributed by atoms with E-state index in [1.165, 1.54) is 26.2 Å². The van der Waals surface area contributed by atoms with Gasteiger partial charge in [-0.2, -0.15) is 0 Å². The molecule has 0 aliphatic rings. The number of sulfonamides is 1. The third-order valence-corrected chi connectivity index (χ3v) is 5.75. The van der Waals surface area contributed by atoms with Crippen LogP contribution >= 0.6 is 11.6 Å². The number of nitrogens with zero attached hydrogens (tertiary/aromatic N) is 1. The van der Waals surface area contributed by atoms with E-state index >= 15 is 0 Å². The van der Waals surface area contributed by atoms with Gasteiger partial charge in [0.2, 0.25) is 15.9 Å². The van der Waals surface area contributed by atoms with Gasteiger partial charge in [0.25, 0.3) is 0 Å². The van der Waals surface area contributed by atoms with E-state index in [4.69, 9.17) is 11.6 Å². The molecule has 0 spiro atoms. The van der Waals surface area contributed by atoms with Gasteiger partial charge in [-0.15, -0.1) is 0 Å². The van der Waals surface area contributed by atoms with Crippen molar-refractivity contribution in [3.63, 3.8) is 0 Å². The summed E-state index contributed by atoms with van der Waals surface area (Å²) >= 11 is 5.98. The van der Waals surface area contributed by atoms with Gasteiger partial charge < -0.3 is 5.32 Å². The summed E-state index contributed by atoms with van der Waals surface area (Å²) in [7, 11) is -0.816. The molecule has 0 radical (unpaired) electrons. The number of rotatable bonds is 6. The fourth-order valence-corrected chi connectivity index (χ4v) is 3.50. The number of hydrogen-bond acceptors (Lipinski definition) is 3. The molecule has 2 aromatic carbocycles. The standard InChI is InChI=1S/C17H19ClN2O3S/c1-20(2)24(22,23)16-12-14(9-10-15(16)18)19-17(21)11-8-13-6-4-3-5-7-13/h3-7,9-10,12H,8,11H2,1-2H3,(H,19,21). The number of amides is 1. The Morgan fingerprint density at radius 2 is 1.79 bits per heavy atom. The van der Waals surface area contributed by atoms with Gasteiger partial charge in [0, 0.05) is 26.2 Å². The number of nitrogens with one attached hydrogen (secondary N) is 1. The first kappa shape index (κ1) is 18.4. The molecule has 0 bridgehead atoms. The minimum Gasteiger partial charge on any atom is -0.326 e. The number of carbonyl (C=O) groups excluding carboxylic acids is 1. The largest absolute Gasteiger partial charge is 0.326 e. The van der Waals surface area contributed by atoms with Crippen LogP contribution in [0.25, 0.3) is 0 Å². The number of hydrogen-bond donors (Lipinski definition) is 1. The molecule has 1 N–H and O–H groups in total. The predicted octanol–water partition coefficient (Wildman–Crippen LogP) is 3.16. The Labute approximate surface area is 147 Å². The van der Waals surface area contributed by atoms with Gasteiger partial charge in [-0.1, -0.05) is 41.9 Å².